The first kappa shape index (κ1) is 12.0. The Hall–Kier alpha value is -1.12. The van der Waals surface area contributed by atoms with Crippen molar-refractivity contribution in [2.45, 2.75) is 12.5 Å². The van der Waals surface area contributed by atoms with E-state index in [-0.39, 0.29) is 6.04 Å². The molecule has 0 bridgehead atoms. The molecular formula is C13H19N2. The maximum Gasteiger partial charge on any atom is 0.0354 e. The van der Waals surface area contributed by atoms with Gasteiger partial charge in [-0.15, -0.1) is 0 Å². The summed E-state index contributed by atoms with van der Waals surface area (Å²) in [5, 5.41) is 3.23. The largest absolute Gasteiger partial charge is 0.323 e. The van der Waals surface area contributed by atoms with Gasteiger partial charge in [-0.05, 0) is 18.5 Å². The number of hydrogen-bond donors (Lipinski definition) is 2. The lowest BCUT2D eigenvalue weighted by Crippen LogP contribution is -2.32. The van der Waals surface area contributed by atoms with Gasteiger partial charge in [0.15, 0.2) is 0 Å². The van der Waals surface area contributed by atoms with E-state index in [1.807, 2.05) is 24.3 Å². The Bertz CT molecular complexity index is 280. The second-order valence-electron chi connectivity index (χ2n) is 3.49. The summed E-state index contributed by atoms with van der Waals surface area (Å²) < 4.78 is 0. The summed E-state index contributed by atoms with van der Waals surface area (Å²) in [6.45, 7) is 5.48. The van der Waals surface area contributed by atoms with Gasteiger partial charge in [0.25, 0.3) is 0 Å². The Morgan fingerprint density at radius 2 is 2.07 bits per heavy atom. The van der Waals surface area contributed by atoms with E-state index in [1.54, 1.807) is 0 Å². The van der Waals surface area contributed by atoms with Crippen molar-refractivity contribution in [3.8, 4) is 0 Å². The van der Waals surface area contributed by atoms with Crippen LogP contribution in [-0.4, -0.2) is 19.1 Å². The highest BCUT2D eigenvalue weighted by Crippen LogP contribution is 2.01. The van der Waals surface area contributed by atoms with Crippen molar-refractivity contribution in [3.63, 3.8) is 0 Å². The fourth-order valence-corrected chi connectivity index (χ4v) is 1.26. The average Bonchev–Trinajstić information content (AvgIpc) is 2.28. The van der Waals surface area contributed by atoms with Crippen molar-refractivity contribution < 1.29 is 0 Å². The third kappa shape index (κ3) is 5.35. The number of nitrogens with one attached hydrogen (secondary N) is 1. The van der Waals surface area contributed by atoms with Gasteiger partial charge in [-0.1, -0.05) is 49.4 Å². The first-order valence-electron chi connectivity index (χ1n) is 5.31. The zero-order valence-corrected chi connectivity index (χ0v) is 9.02. The molecule has 0 aromatic heterocycles. The number of nitrogens with two attached hydrogens (primary N) is 1. The third-order valence-corrected chi connectivity index (χ3v) is 2.07. The highest BCUT2D eigenvalue weighted by molar-refractivity contribution is 5.49. The van der Waals surface area contributed by atoms with Crippen LogP contribution in [-0.2, 0) is 0 Å². The van der Waals surface area contributed by atoms with Gasteiger partial charge in [0.2, 0.25) is 0 Å². The molecule has 1 rings (SSSR count). The molecule has 0 aliphatic rings. The fourth-order valence-electron chi connectivity index (χ4n) is 1.26. The lowest BCUT2D eigenvalue weighted by molar-refractivity contribution is 0.644. The van der Waals surface area contributed by atoms with Gasteiger partial charge in [-0.2, -0.15) is 0 Å². The number of benzene rings is 1. The van der Waals surface area contributed by atoms with Gasteiger partial charge < -0.3 is 11.1 Å². The molecule has 2 nitrogen and oxygen atoms in total. The predicted octanol–water partition coefficient (Wildman–Crippen LogP) is 1.84. The monoisotopic (exact) mass is 203 g/mol. The van der Waals surface area contributed by atoms with E-state index in [4.69, 9.17) is 5.73 Å². The topological polar surface area (TPSA) is 38.0 Å². The van der Waals surface area contributed by atoms with E-state index in [0.717, 1.165) is 19.5 Å². The van der Waals surface area contributed by atoms with Crippen LogP contribution in [0.5, 0.6) is 0 Å². The number of hydrogen-bond acceptors (Lipinski definition) is 2. The molecule has 1 aromatic rings. The molecule has 1 radical (unpaired) electrons. The van der Waals surface area contributed by atoms with Gasteiger partial charge in [0.05, 0.1) is 0 Å². The quantitative estimate of drug-likeness (QED) is 0.692. The molecule has 0 amide bonds. The fraction of sp³-hybridized carbons (Fsp3) is 0.308. The summed E-state index contributed by atoms with van der Waals surface area (Å²) in [4.78, 5) is 0. The lowest BCUT2D eigenvalue weighted by atomic mass is 10.2. The van der Waals surface area contributed by atoms with Crippen LogP contribution in [0.25, 0.3) is 6.08 Å². The van der Waals surface area contributed by atoms with Crippen LogP contribution in [0.15, 0.2) is 36.4 Å². The Kier molecular flexibility index (Phi) is 5.74. The third-order valence-electron chi connectivity index (χ3n) is 2.07. The molecular weight excluding hydrogens is 184 g/mol. The summed E-state index contributed by atoms with van der Waals surface area (Å²) >= 11 is 0. The Balaban J connectivity index is 2.31. The molecule has 1 unspecified atom stereocenters. The summed E-state index contributed by atoms with van der Waals surface area (Å²) in [5.41, 5.74) is 7.08. The van der Waals surface area contributed by atoms with Crippen LogP contribution in [0.1, 0.15) is 12.0 Å². The Morgan fingerprint density at radius 3 is 2.73 bits per heavy atom. The summed E-state index contributed by atoms with van der Waals surface area (Å²) in [6, 6.07) is 10.2. The van der Waals surface area contributed by atoms with E-state index in [2.05, 4.69) is 30.4 Å². The van der Waals surface area contributed by atoms with Gasteiger partial charge in [0, 0.05) is 12.6 Å². The van der Waals surface area contributed by atoms with Crippen LogP contribution in [0.4, 0.5) is 0 Å². The smallest absolute Gasteiger partial charge is 0.0354 e. The molecule has 2 heteroatoms. The van der Waals surface area contributed by atoms with Crippen molar-refractivity contribution in [1.29, 1.82) is 0 Å². The van der Waals surface area contributed by atoms with Crippen LogP contribution < -0.4 is 11.1 Å². The molecule has 0 saturated heterocycles. The molecule has 1 atom stereocenters. The first-order chi connectivity index (χ1) is 7.33. The van der Waals surface area contributed by atoms with E-state index in [1.165, 1.54) is 5.56 Å². The molecule has 0 heterocycles. The maximum atomic E-state index is 5.89. The van der Waals surface area contributed by atoms with Crippen LogP contribution in [0, 0.1) is 6.92 Å². The summed E-state index contributed by atoms with van der Waals surface area (Å²) in [6.07, 6.45) is 4.97. The molecule has 0 aliphatic carbocycles. The average molecular weight is 203 g/mol. The minimum absolute atomic E-state index is 0.0664. The maximum absolute atomic E-state index is 5.89. The Morgan fingerprint density at radius 1 is 1.33 bits per heavy atom. The summed E-state index contributed by atoms with van der Waals surface area (Å²) in [5.74, 6) is 0. The zero-order valence-electron chi connectivity index (χ0n) is 9.02. The number of rotatable bonds is 6. The van der Waals surface area contributed by atoms with Crippen LogP contribution >= 0.6 is 0 Å². The Labute approximate surface area is 92.2 Å². The minimum atomic E-state index is 0.0664. The van der Waals surface area contributed by atoms with Crippen molar-refractivity contribution in [1.82, 2.24) is 5.32 Å². The van der Waals surface area contributed by atoms with Gasteiger partial charge in [-0.25, -0.2) is 0 Å². The van der Waals surface area contributed by atoms with E-state index >= 15 is 0 Å². The van der Waals surface area contributed by atoms with E-state index in [0.29, 0.717) is 0 Å². The molecule has 3 N–H and O–H groups in total. The minimum Gasteiger partial charge on any atom is -0.323 e. The van der Waals surface area contributed by atoms with Crippen LogP contribution in [0.3, 0.4) is 0 Å². The van der Waals surface area contributed by atoms with Crippen molar-refractivity contribution in [2.24, 2.45) is 5.73 Å². The standard InChI is InChI=1S/C13H19N2/c1-2-10-15-11-13(14)9-8-12-6-4-3-5-7-12/h3-9,13,15H,1-2,10-11,14H2. The highest BCUT2D eigenvalue weighted by Gasteiger charge is 1.95. The predicted molar refractivity (Wildman–Crippen MR) is 66.3 cm³/mol. The van der Waals surface area contributed by atoms with Crippen molar-refractivity contribution >= 4 is 6.08 Å². The molecule has 1 aromatic carbocycles. The lowest BCUT2D eigenvalue weighted by Gasteiger charge is -2.07. The molecule has 0 saturated carbocycles. The second kappa shape index (κ2) is 7.21. The van der Waals surface area contributed by atoms with E-state index in [9.17, 15) is 0 Å². The van der Waals surface area contributed by atoms with Crippen molar-refractivity contribution in [2.75, 3.05) is 13.1 Å². The van der Waals surface area contributed by atoms with Gasteiger partial charge >= 0.3 is 0 Å². The van der Waals surface area contributed by atoms with Crippen molar-refractivity contribution in [3.05, 3.63) is 48.9 Å². The highest BCUT2D eigenvalue weighted by atomic mass is 14.9. The SMILES string of the molecule is [CH2]CCNCC(N)C=Cc1ccccc1. The van der Waals surface area contributed by atoms with Crippen LogP contribution in [0.2, 0.25) is 0 Å². The first-order valence-corrected chi connectivity index (χ1v) is 5.31. The van der Waals surface area contributed by atoms with Gasteiger partial charge in [0.1, 0.15) is 0 Å². The van der Waals surface area contributed by atoms with Gasteiger partial charge in [-0.3, -0.25) is 0 Å². The normalized spacial score (nSPS) is 13.2. The molecule has 81 valence electrons. The van der Waals surface area contributed by atoms with E-state index < -0.39 is 0 Å². The molecule has 0 aliphatic heterocycles. The zero-order chi connectivity index (χ0) is 10.9. The molecule has 0 spiro atoms. The molecule has 15 heavy (non-hydrogen) atoms. The summed E-state index contributed by atoms with van der Waals surface area (Å²) in [7, 11) is 0. The second-order valence-corrected chi connectivity index (χ2v) is 3.49. The molecule has 0 fully saturated rings.